The Morgan fingerprint density at radius 2 is 2.03 bits per heavy atom. The highest BCUT2D eigenvalue weighted by Crippen LogP contribution is 2.39. The summed E-state index contributed by atoms with van der Waals surface area (Å²) < 4.78 is 1.16. The second kappa shape index (κ2) is 8.74. The highest BCUT2D eigenvalue weighted by atomic mass is 35.5. The Morgan fingerprint density at radius 3 is 2.78 bits per heavy atom. The van der Waals surface area contributed by atoms with Crippen LogP contribution in [-0.2, 0) is 17.6 Å². The van der Waals surface area contributed by atoms with Gasteiger partial charge in [0.15, 0.2) is 0 Å². The third kappa shape index (κ3) is 4.05. The summed E-state index contributed by atoms with van der Waals surface area (Å²) in [5, 5.41) is 5.47. The fourth-order valence-corrected chi connectivity index (χ4v) is 7.34. The maximum absolute atomic E-state index is 13.0. The fourth-order valence-electron chi connectivity index (χ4n) is 4.76. The van der Waals surface area contributed by atoms with Crippen LogP contribution in [-0.4, -0.2) is 40.8 Å². The van der Waals surface area contributed by atoms with Crippen molar-refractivity contribution in [1.82, 2.24) is 9.88 Å². The zero-order valence-corrected chi connectivity index (χ0v) is 20.2. The Morgan fingerprint density at radius 1 is 1.25 bits per heavy atom. The largest absolute Gasteiger partial charge is 0.365 e. The van der Waals surface area contributed by atoms with Crippen molar-refractivity contribution in [3.05, 3.63) is 44.2 Å². The SMILES string of the molecule is CC(C(=O)Nc1sc2c(c1C(N)=O)CCC2)N1CCC(c2nc3cc(Cl)ccc3s2)CC1. The van der Waals surface area contributed by atoms with E-state index in [2.05, 4.69) is 10.2 Å². The number of amides is 2. The minimum absolute atomic E-state index is 0.0829. The van der Waals surface area contributed by atoms with Crippen LogP contribution in [0.1, 0.15) is 57.9 Å². The quantitative estimate of drug-likeness (QED) is 0.539. The number of primary amides is 1. The van der Waals surface area contributed by atoms with E-state index < -0.39 is 5.91 Å². The van der Waals surface area contributed by atoms with Gasteiger partial charge in [0.1, 0.15) is 5.00 Å². The Labute approximate surface area is 199 Å². The number of nitrogens with one attached hydrogen (secondary N) is 1. The summed E-state index contributed by atoms with van der Waals surface area (Å²) in [5.74, 6) is -0.134. The molecule has 0 bridgehead atoms. The molecule has 2 amide bonds. The average molecular weight is 489 g/mol. The minimum atomic E-state index is -0.453. The van der Waals surface area contributed by atoms with E-state index in [9.17, 15) is 9.59 Å². The molecular weight excluding hydrogens is 464 g/mol. The molecule has 9 heteroatoms. The number of carbonyl (C=O) groups excluding carboxylic acids is 2. The average Bonchev–Trinajstić information content (AvgIpc) is 3.46. The number of thiazole rings is 1. The maximum Gasteiger partial charge on any atom is 0.251 e. The maximum atomic E-state index is 13.0. The van der Waals surface area contributed by atoms with Crippen LogP contribution in [0.15, 0.2) is 18.2 Å². The predicted octanol–water partition coefficient (Wildman–Crippen LogP) is 4.81. The Hall–Kier alpha value is -2.00. The van der Waals surface area contributed by atoms with Crippen molar-refractivity contribution in [2.45, 2.75) is 51.0 Å². The van der Waals surface area contributed by atoms with Crippen LogP contribution in [0.5, 0.6) is 0 Å². The summed E-state index contributed by atoms with van der Waals surface area (Å²) in [6.07, 6.45) is 4.79. The van der Waals surface area contributed by atoms with Crippen molar-refractivity contribution < 1.29 is 9.59 Å². The highest BCUT2D eigenvalue weighted by molar-refractivity contribution is 7.18. The molecule has 0 spiro atoms. The van der Waals surface area contributed by atoms with Gasteiger partial charge in [0.2, 0.25) is 5.91 Å². The molecule has 32 heavy (non-hydrogen) atoms. The molecule has 3 aromatic rings. The van der Waals surface area contributed by atoms with E-state index in [0.717, 1.165) is 66.0 Å². The lowest BCUT2D eigenvalue weighted by Crippen LogP contribution is -2.45. The predicted molar refractivity (Wildman–Crippen MR) is 131 cm³/mol. The van der Waals surface area contributed by atoms with Gasteiger partial charge in [0, 0.05) is 15.8 Å². The normalized spacial score (nSPS) is 18.1. The Kier molecular flexibility index (Phi) is 5.96. The zero-order valence-electron chi connectivity index (χ0n) is 17.8. The topological polar surface area (TPSA) is 88.3 Å². The van der Waals surface area contributed by atoms with Crippen LogP contribution in [0.3, 0.4) is 0 Å². The molecule has 3 N–H and O–H groups in total. The van der Waals surface area contributed by atoms with Gasteiger partial charge in [-0.2, -0.15) is 0 Å². The zero-order chi connectivity index (χ0) is 22.4. The molecule has 1 unspecified atom stereocenters. The van der Waals surface area contributed by atoms with Crippen LogP contribution < -0.4 is 11.1 Å². The number of carbonyl (C=O) groups is 2. The van der Waals surface area contributed by atoms with Gasteiger partial charge in [0.25, 0.3) is 5.91 Å². The van der Waals surface area contributed by atoms with Crippen molar-refractivity contribution in [3.63, 3.8) is 0 Å². The fraction of sp³-hybridized carbons (Fsp3) is 0.435. The summed E-state index contributed by atoms with van der Waals surface area (Å²) >= 11 is 9.34. The third-order valence-corrected chi connectivity index (χ3v) is 9.22. The monoisotopic (exact) mass is 488 g/mol. The highest BCUT2D eigenvalue weighted by Gasteiger charge is 2.31. The molecule has 1 aliphatic heterocycles. The smallest absolute Gasteiger partial charge is 0.251 e. The second-order valence-electron chi connectivity index (χ2n) is 8.57. The van der Waals surface area contributed by atoms with Crippen molar-refractivity contribution in [2.24, 2.45) is 5.73 Å². The second-order valence-corrected chi connectivity index (χ2v) is 11.2. The molecule has 1 atom stereocenters. The standard InChI is InChI=1S/C23H25ClN4O2S2/c1-12(21(30)27-23-19(20(25)29)15-3-2-4-17(15)31-23)28-9-7-13(8-10-28)22-26-16-11-14(24)5-6-18(16)32-22/h5-6,11-13H,2-4,7-10H2,1H3,(H2,25,29)(H,27,30). The number of nitrogens with zero attached hydrogens (tertiary/aromatic N) is 2. The Balaban J connectivity index is 1.23. The van der Waals surface area contributed by atoms with E-state index >= 15 is 0 Å². The third-order valence-electron chi connectivity index (χ3n) is 6.58. The number of hydrogen-bond donors (Lipinski definition) is 2. The first-order valence-electron chi connectivity index (χ1n) is 11.0. The number of fused-ring (bicyclic) bond motifs is 2. The lowest BCUT2D eigenvalue weighted by Gasteiger charge is -2.34. The number of aromatic nitrogens is 1. The van der Waals surface area contributed by atoms with Gasteiger partial charge in [-0.15, -0.1) is 22.7 Å². The molecule has 1 aliphatic carbocycles. The molecule has 1 aromatic carbocycles. The van der Waals surface area contributed by atoms with E-state index in [0.29, 0.717) is 21.5 Å². The van der Waals surface area contributed by atoms with Gasteiger partial charge in [-0.05, 0) is 75.9 Å². The number of piperidine rings is 1. The van der Waals surface area contributed by atoms with Gasteiger partial charge < -0.3 is 11.1 Å². The van der Waals surface area contributed by atoms with Gasteiger partial charge in [-0.1, -0.05) is 11.6 Å². The number of aryl methyl sites for hydroxylation is 1. The summed E-state index contributed by atoms with van der Waals surface area (Å²) in [7, 11) is 0. The van der Waals surface area contributed by atoms with Crippen molar-refractivity contribution in [2.75, 3.05) is 18.4 Å². The first kappa shape index (κ1) is 21.8. The number of halogens is 1. The van der Waals surface area contributed by atoms with Crippen LogP contribution in [0, 0.1) is 0 Å². The molecule has 6 nitrogen and oxygen atoms in total. The molecule has 1 saturated heterocycles. The van der Waals surface area contributed by atoms with E-state index in [-0.39, 0.29) is 11.9 Å². The summed E-state index contributed by atoms with van der Waals surface area (Å²) in [4.78, 5) is 33.2. The molecule has 3 heterocycles. The molecule has 1 fully saturated rings. The number of nitrogens with two attached hydrogens (primary N) is 1. The number of likely N-dealkylation sites (tertiary alicyclic amines) is 1. The number of anilines is 1. The van der Waals surface area contributed by atoms with Gasteiger partial charge in [-0.3, -0.25) is 14.5 Å². The van der Waals surface area contributed by atoms with Gasteiger partial charge in [0.05, 0.1) is 26.8 Å². The molecule has 0 radical (unpaired) electrons. The van der Waals surface area contributed by atoms with E-state index in [1.165, 1.54) is 16.2 Å². The van der Waals surface area contributed by atoms with Crippen molar-refractivity contribution >= 4 is 61.3 Å². The van der Waals surface area contributed by atoms with E-state index in [1.54, 1.807) is 11.3 Å². The van der Waals surface area contributed by atoms with Crippen LogP contribution in [0.25, 0.3) is 10.2 Å². The first-order valence-corrected chi connectivity index (χ1v) is 13.0. The van der Waals surface area contributed by atoms with E-state index in [1.807, 2.05) is 25.1 Å². The van der Waals surface area contributed by atoms with Crippen molar-refractivity contribution in [1.29, 1.82) is 0 Å². The minimum Gasteiger partial charge on any atom is -0.365 e. The molecular formula is C23H25ClN4O2S2. The van der Waals surface area contributed by atoms with E-state index in [4.69, 9.17) is 22.3 Å². The lowest BCUT2D eigenvalue weighted by molar-refractivity contribution is -0.121. The van der Waals surface area contributed by atoms with Crippen LogP contribution in [0.4, 0.5) is 5.00 Å². The molecule has 5 rings (SSSR count). The van der Waals surface area contributed by atoms with Gasteiger partial charge in [-0.25, -0.2) is 4.98 Å². The van der Waals surface area contributed by atoms with Crippen LogP contribution >= 0.6 is 34.3 Å². The molecule has 2 aromatic heterocycles. The molecule has 2 aliphatic rings. The Bertz CT molecular complexity index is 1200. The number of benzene rings is 1. The summed E-state index contributed by atoms with van der Waals surface area (Å²) in [6.45, 7) is 3.60. The number of rotatable bonds is 5. The molecule has 168 valence electrons. The van der Waals surface area contributed by atoms with Gasteiger partial charge >= 0.3 is 0 Å². The van der Waals surface area contributed by atoms with Crippen molar-refractivity contribution in [3.8, 4) is 0 Å². The number of thiophene rings is 1. The first-order chi connectivity index (χ1) is 15.4. The van der Waals surface area contributed by atoms with Crippen LogP contribution in [0.2, 0.25) is 5.02 Å². The lowest BCUT2D eigenvalue weighted by atomic mass is 9.96. The molecule has 0 saturated carbocycles. The summed E-state index contributed by atoms with van der Waals surface area (Å²) in [5.41, 5.74) is 8.13. The summed E-state index contributed by atoms with van der Waals surface area (Å²) in [6, 6.07) is 5.57. The number of hydrogen-bond acceptors (Lipinski definition) is 6.